The maximum Gasteiger partial charge on any atom is 0.233 e. The Balaban J connectivity index is 1.81. The Kier molecular flexibility index (Phi) is 4.05. The summed E-state index contributed by atoms with van der Waals surface area (Å²) in [4.78, 5) is 14.3. The number of benzene rings is 2. The number of aromatic nitrogens is 3. The van der Waals surface area contributed by atoms with Gasteiger partial charge in [-0.1, -0.05) is 42.5 Å². The van der Waals surface area contributed by atoms with E-state index in [4.69, 9.17) is 5.73 Å². The predicted octanol–water partition coefficient (Wildman–Crippen LogP) is 2.93. The van der Waals surface area contributed by atoms with Crippen LogP contribution in [-0.4, -0.2) is 29.0 Å². The van der Waals surface area contributed by atoms with Crippen LogP contribution in [0.15, 0.2) is 54.6 Å². The van der Waals surface area contributed by atoms with Crippen LogP contribution in [0.4, 0.5) is 23.5 Å². The first kappa shape index (κ1) is 14.8. The van der Waals surface area contributed by atoms with Crippen molar-refractivity contribution in [2.45, 2.75) is 0 Å². The molecule has 0 aliphatic carbocycles. The van der Waals surface area contributed by atoms with Gasteiger partial charge in [0.1, 0.15) is 0 Å². The molecule has 0 saturated heterocycles. The van der Waals surface area contributed by atoms with Crippen LogP contribution in [0.5, 0.6) is 0 Å². The van der Waals surface area contributed by atoms with Crippen LogP contribution >= 0.6 is 0 Å². The van der Waals surface area contributed by atoms with E-state index < -0.39 is 0 Å². The molecule has 0 aliphatic heterocycles. The summed E-state index contributed by atoms with van der Waals surface area (Å²) in [6, 6.07) is 18.3. The molecule has 0 aliphatic rings. The lowest BCUT2D eigenvalue weighted by atomic mass is 10.1. The predicted molar refractivity (Wildman–Crippen MR) is 93.7 cm³/mol. The number of nitrogens with zero attached hydrogens (tertiary/aromatic N) is 4. The van der Waals surface area contributed by atoms with Gasteiger partial charge in [-0.3, -0.25) is 0 Å². The lowest BCUT2D eigenvalue weighted by molar-refractivity contribution is 0.969. The van der Waals surface area contributed by atoms with Crippen LogP contribution in [0.2, 0.25) is 0 Å². The molecule has 0 amide bonds. The summed E-state index contributed by atoms with van der Waals surface area (Å²) in [5.41, 5.74) is 8.94. The number of hydrogen-bond donors (Lipinski definition) is 2. The second kappa shape index (κ2) is 6.31. The van der Waals surface area contributed by atoms with Gasteiger partial charge < -0.3 is 16.0 Å². The highest BCUT2D eigenvalue weighted by molar-refractivity contribution is 5.67. The third kappa shape index (κ3) is 3.55. The van der Waals surface area contributed by atoms with Crippen molar-refractivity contribution in [1.29, 1.82) is 0 Å². The summed E-state index contributed by atoms with van der Waals surface area (Å²) < 4.78 is 0. The molecule has 0 bridgehead atoms. The van der Waals surface area contributed by atoms with Crippen molar-refractivity contribution in [3.05, 3.63) is 54.6 Å². The van der Waals surface area contributed by atoms with Crippen LogP contribution in [0.1, 0.15) is 0 Å². The Morgan fingerprint density at radius 1 is 0.826 bits per heavy atom. The maximum absolute atomic E-state index is 5.72. The molecule has 116 valence electrons. The summed E-state index contributed by atoms with van der Waals surface area (Å²) in [6.07, 6.45) is 0. The molecule has 0 saturated carbocycles. The van der Waals surface area contributed by atoms with Gasteiger partial charge >= 0.3 is 0 Å². The van der Waals surface area contributed by atoms with Gasteiger partial charge in [-0.15, -0.1) is 0 Å². The number of rotatable bonds is 4. The first-order valence-electron chi connectivity index (χ1n) is 7.23. The molecule has 0 fully saturated rings. The van der Waals surface area contributed by atoms with Crippen molar-refractivity contribution in [2.24, 2.45) is 0 Å². The zero-order valence-electron chi connectivity index (χ0n) is 13.1. The molecule has 0 unspecified atom stereocenters. The van der Waals surface area contributed by atoms with E-state index in [1.165, 1.54) is 5.56 Å². The molecule has 6 heteroatoms. The van der Waals surface area contributed by atoms with Gasteiger partial charge in [-0.25, -0.2) is 0 Å². The summed E-state index contributed by atoms with van der Waals surface area (Å²) in [7, 11) is 3.71. The minimum Gasteiger partial charge on any atom is -0.368 e. The van der Waals surface area contributed by atoms with Gasteiger partial charge in [0.15, 0.2) is 0 Å². The van der Waals surface area contributed by atoms with Crippen LogP contribution in [0.25, 0.3) is 11.1 Å². The van der Waals surface area contributed by atoms with Gasteiger partial charge in [0.05, 0.1) is 0 Å². The maximum atomic E-state index is 5.72. The summed E-state index contributed by atoms with van der Waals surface area (Å²) in [6.45, 7) is 0. The fraction of sp³-hybridized carbons (Fsp3) is 0.118. The molecular formula is C17H18N6. The lowest BCUT2D eigenvalue weighted by Crippen LogP contribution is -2.15. The number of hydrogen-bond acceptors (Lipinski definition) is 6. The highest BCUT2D eigenvalue weighted by Crippen LogP contribution is 2.22. The van der Waals surface area contributed by atoms with Crippen molar-refractivity contribution >= 4 is 23.5 Å². The molecule has 23 heavy (non-hydrogen) atoms. The quantitative estimate of drug-likeness (QED) is 0.771. The molecule has 0 spiro atoms. The second-order valence-corrected chi connectivity index (χ2v) is 5.28. The molecular weight excluding hydrogens is 288 g/mol. The topological polar surface area (TPSA) is 80.0 Å². The van der Waals surface area contributed by atoms with Gasteiger partial charge in [-0.05, 0) is 23.3 Å². The van der Waals surface area contributed by atoms with Gasteiger partial charge in [0, 0.05) is 19.8 Å². The molecule has 2 aromatic carbocycles. The smallest absolute Gasteiger partial charge is 0.233 e. The van der Waals surface area contributed by atoms with Gasteiger partial charge in [0.25, 0.3) is 0 Å². The van der Waals surface area contributed by atoms with Crippen molar-refractivity contribution in [2.75, 3.05) is 30.0 Å². The minimum atomic E-state index is 0.187. The molecule has 0 radical (unpaired) electrons. The van der Waals surface area contributed by atoms with Crippen molar-refractivity contribution < 1.29 is 0 Å². The highest BCUT2D eigenvalue weighted by atomic mass is 15.3. The average Bonchev–Trinajstić information content (AvgIpc) is 2.56. The van der Waals surface area contributed by atoms with Gasteiger partial charge in [0.2, 0.25) is 17.8 Å². The van der Waals surface area contributed by atoms with E-state index in [2.05, 4.69) is 44.5 Å². The molecule has 3 aromatic rings. The monoisotopic (exact) mass is 306 g/mol. The van der Waals surface area contributed by atoms with Crippen molar-refractivity contribution in [1.82, 2.24) is 15.0 Å². The Bertz CT molecular complexity index is 784. The van der Waals surface area contributed by atoms with Crippen LogP contribution in [0.3, 0.4) is 0 Å². The Morgan fingerprint density at radius 3 is 2.13 bits per heavy atom. The van der Waals surface area contributed by atoms with Crippen molar-refractivity contribution in [3.8, 4) is 11.1 Å². The summed E-state index contributed by atoms with van der Waals surface area (Å²) in [5.74, 6) is 1.13. The van der Waals surface area contributed by atoms with Crippen LogP contribution < -0.4 is 16.0 Å². The Morgan fingerprint density at radius 2 is 1.48 bits per heavy atom. The third-order valence-electron chi connectivity index (χ3n) is 3.29. The third-order valence-corrected chi connectivity index (χ3v) is 3.29. The van der Waals surface area contributed by atoms with E-state index in [-0.39, 0.29) is 5.95 Å². The lowest BCUT2D eigenvalue weighted by Gasteiger charge is -2.12. The van der Waals surface area contributed by atoms with E-state index in [1.807, 2.05) is 44.4 Å². The first-order chi connectivity index (χ1) is 11.1. The Hall–Kier alpha value is -3.15. The van der Waals surface area contributed by atoms with Crippen LogP contribution in [0, 0.1) is 0 Å². The standard InChI is InChI=1S/C17H18N6/c1-23(2)17-21-15(18)20-16(22-17)19-14-10-8-13(9-11-14)12-6-4-3-5-7-12/h3-11H,1-2H3,(H3,18,19,20,21,22). The SMILES string of the molecule is CN(C)c1nc(N)nc(Nc2ccc(-c3ccccc3)cc2)n1. The molecule has 1 aromatic heterocycles. The van der Waals surface area contributed by atoms with E-state index in [0.717, 1.165) is 11.3 Å². The van der Waals surface area contributed by atoms with Gasteiger partial charge in [-0.2, -0.15) is 15.0 Å². The molecule has 3 rings (SSSR count). The fourth-order valence-electron chi connectivity index (χ4n) is 2.14. The highest BCUT2D eigenvalue weighted by Gasteiger charge is 2.06. The summed E-state index contributed by atoms with van der Waals surface area (Å²) >= 11 is 0. The first-order valence-corrected chi connectivity index (χ1v) is 7.23. The average molecular weight is 306 g/mol. The number of nitrogens with one attached hydrogen (secondary N) is 1. The Labute approximate surface area is 135 Å². The second-order valence-electron chi connectivity index (χ2n) is 5.28. The van der Waals surface area contributed by atoms with E-state index in [9.17, 15) is 0 Å². The van der Waals surface area contributed by atoms with E-state index in [1.54, 1.807) is 4.90 Å². The molecule has 6 nitrogen and oxygen atoms in total. The fourth-order valence-corrected chi connectivity index (χ4v) is 2.14. The number of nitrogens with two attached hydrogens (primary N) is 1. The van der Waals surface area contributed by atoms with E-state index in [0.29, 0.717) is 11.9 Å². The van der Waals surface area contributed by atoms with Crippen LogP contribution in [-0.2, 0) is 0 Å². The van der Waals surface area contributed by atoms with E-state index >= 15 is 0 Å². The zero-order chi connectivity index (χ0) is 16.2. The molecule has 1 heterocycles. The zero-order valence-corrected chi connectivity index (χ0v) is 13.1. The normalized spacial score (nSPS) is 10.3. The summed E-state index contributed by atoms with van der Waals surface area (Å²) in [5, 5.41) is 3.15. The minimum absolute atomic E-state index is 0.187. The largest absolute Gasteiger partial charge is 0.368 e. The number of nitrogen functional groups attached to an aromatic ring is 1. The number of anilines is 4. The molecule has 3 N–H and O–H groups in total. The molecule has 0 atom stereocenters. The van der Waals surface area contributed by atoms with Crippen molar-refractivity contribution in [3.63, 3.8) is 0 Å².